The molecular weight excluding hydrogens is 367 g/mol. The molecule has 0 bridgehead atoms. The molecule has 8 nitrogen and oxygen atoms in total. The minimum Gasteiger partial charge on any atom is -0.480 e. The molecule has 0 aliphatic rings. The van der Waals surface area contributed by atoms with E-state index in [0.717, 1.165) is 12.4 Å². The van der Waals surface area contributed by atoms with Gasteiger partial charge >= 0.3 is 5.97 Å². The van der Waals surface area contributed by atoms with Gasteiger partial charge < -0.3 is 15.7 Å². The molecule has 1 aromatic carbocycles. The maximum absolute atomic E-state index is 13.1. The van der Waals surface area contributed by atoms with Crippen LogP contribution in [0.3, 0.4) is 0 Å². The van der Waals surface area contributed by atoms with E-state index in [1.807, 2.05) is 0 Å². The van der Waals surface area contributed by atoms with E-state index in [1.165, 1.54) is 25.1 Å². The molecule has 0 saturated carbocycles. The molecule has 0 radical (unpaired) electrons. The molecule has 2 rings (SSSR count). The third kappa shape index (κ3) is 4.96. The number of hydrogen-bond acceptors (Lipinski definition) is 5. The van der Waals surface area contributed by atoms with Gasteiger partial charge in [0, 0.05) is 12.6 Å². The van der Waals surface area contributed by atoms with Crippen molar-refractivity contribution in [3.8, 4) is 0 Å². The fraction of sp³-hybridized carbons (Fsp3) is 0.188. The molecule has 10 heteroatoms. The van der Waals surface area contributed by atoms with Gasteiger partial charge in [0.15, 0.2) is 0 Å². The van der Waals surface area contributed by atoms with Crippen LogP contribution in [0.25, 0.3) is 0 Å². The number of nitrogens with zero attached hydrogens (tertiary/aromatic N) is 2. The van der Waals surface area contributed by atoms with E-state index in [4.69, 9.17) is 16.7 Å². The number of halogens is 2. The summed E-state index contributed by atoms with van der Waals surface area (Å²) >= 11 is 5.67. The van der Waals surface area contributed by atoms with Gasteiger partial charge in [-0.3, -0.25) is 14.4 Å². The molecule has 0 fully saturated rings. The second kappa shape index (κ2) is 8.34. The fourth-order valence-electron chi connectivity index (χ4n) is 1.86. The highest BCUT2D eigenvalue weighted by Gasteiger charge is 2.18. The number of rotatable bonds is 6. The minimum atomic E-state index is -1.21. The van der Waals surface area contributed by atoms with Crippen molar-refractivity contribution in [2.75, 3.05) is 0 Å². The molecule has 2 amide bonds. The van der Waals surface area contributed by atoms with Crippen molar-refractivity contribution in [3.63, 3.8) is 0 Å². The highest BCUT2D eigenvalue weighted by atomic mass is 35.5. The van der Waals surface area contributed by atoms with E-state index < -0.39 is 29.6 Å². The van der Waals surface area contributed by atoms with E-state index in [9.17, 15) is 18.8 Å². The summed E-state index contributed by atoms with van der Waals surface area (Å²) in [4.78, 5) is 42.3. The van der Waals surface area contributed by atoms with Crippen molar-refractivity contribution in [3.05, 3.63) is 58.4 Å². The van der Waals surface area contributed by atoms with E-state index in [0.29, 0.717) is 5.56 Å². The Morgan fingerprint density at radius 1 is 1.19 bits per heavy atom. The van der Waals surface area contributed by atoms with E-state index >= 15 is 0 Å². The highest BCUT2D eigenvalue weighted by Crippen LogP contribution is 2.15. The predicted octanol–water partition coefficient (Wildman–Crippen LogP) is 1.40. The van der Waals surface area contributed by atoms with Crippen molar-refractivity contribution >= 4 is 29.4 Å². The van der Waals surface area contributed by atoms with Gasteiger partial charge in [0.1, 0.15) is 29.6 Å². The Labute approximate surface area is 152 Å². The van der Waals surface area contributed by atoms with Crippen LogP contribution in [0, 0.1) is 5.82 Å². The number of aromatic nitrogens is 2. The molecule has 0 unspecified atom stereocenters. The predicted molar refractivity (Wildman–Crippen MR) is 89.2 cm³/mol. The summed E-state index contributed by atoms with van der Waals surface area (Å²) in [7, 11) is 0. The Balaban J connectivity index is 2.04. The molecular formula is C16H14ClFN4O4. The standard InChI is InChI=1S/C16H14ClFN4O4/c1-8(16(25)26)22-15(24)13-5-12(20-7-21-13)14(23)19-6-9-2-3-11(18)10(17)4-9/h2-5,7-8H,6H2,1H3,(H,19,23)(H,22,24)(H,25,26)/t8-/m0/s1. The molecule has 0 saturated heterocycles. The van der Waals surface area contributed by atoms with E-state index in [-0.39, 0.29) is 23.0 Å². The fourth-order valence-corrected chi connectivity index (χ4v) is 2.06. The number of benzene rings is 1. The van der Waals surface area contributed by atoms with Crippen LogP contribution in [0.5, 0.6) is 0 Å². The minimum absolute atomic E-state index is 0.0645. The second-order valence-electron chi connectivity index (χ2n) is 5.25. The lowest BCUT2D eigenvalue weighted by Crippen LogP contribution is -2.38. The van der Waals surface area contributed by atoms with Crippen LogP contribution >= 0.6 is 11.6 Å². The average molecular weight is 381 g/mol. The van der Waals surface area contributed by atoms with Gasteiger partial charge in [-0.1, -0.05) is 17.7 Å². The summed E-state index contributed by atoms with van der Waals surface area (Å²) in [5.41, 5.74) is 0.344. The maximum Gasteiger partial charge on any atom is 0.325 e. The van der Waals surface area contributed by atoms with Crippen LogP contribution in [0.1, 0.15) is 33.5 Å². The quantitative estimate of drug-likeness (QED) is 0.696. The lowest BCUT2D eigenvalue weighted by molar-refractivity contribution is -0.138. The van der Waals surface area contributed by atoms with E-state index in [1.54, 1.807) is 0 Å². The zero-order chi connectivity index (χ0) is 19.3. The Kier molecular flexibility index (Phi) is 6.18. The number of aliphatic carboxylic acids is 1. The SMILES string of the molecule is C[C@H](NC(=O)c1cc(C(=O)NCc2ccc(F)c(Cl)c2)ncn1)C(=O)O. The largest absolute Gasteiger partial charge is 0.480 e. The summed E-state index contributed by atoms with van der Waals surface area (Å²) in [6.45, 7) is 1.36. The Morgan fingerprint density at radius 2 is 1.85 bits per heavy atom. The van der Waals surface area contributed by atoms with Crippen LogP contribution in [-0.2, 0) is 11.3 Å². The summed E-state index contributed by atoms with van der Waals surface area (Å²) in [6.07, 6.45) is 1.02. The van der Waals surface area contributed by atoms with Gasteiger partial charge in [0.05, 0.1) is 5.02 Å². The van der Waals surface area contributed by atoms with Gasteiger partial charge in [0.25, 0.3) is 11.8 Å². The first-order valence-corrected chi connectivity index (χ1v) is 7.73. The summed E-state index contributed by atoms with van der Waals surface area (Å²) in [5, 5.41) is 13.5. The first kappa shape index (κ1) is 19.3. The molecule has 0 aliphatic carbocycles. The summed E-state index contributed by atoms with van der Waals surface area (Å²) in [6, 6.07) is 4.05. The molecule has 26 heavy (non-hydrogen) atoms. The van der Waals surface area contributed by atoms with Crippen LogP contribution in [0.2, 0.25) is 5.02 Å². The molecule has 1 atom stereocenters. The lowest BCUT2D eigenvalue weighted by atomic mass is 10.2. The number of hydrogen-bond donors (Lipinski definition) is 3. The molecule has 1 heterocycles. The van der Waals surface area contributed by atoms with Crippen LogP contribution in [0.4, 0.5) is 4.39 Å². The van der Waals surface area contributed by atoms with Crippen LogP contribution in [0.15, 0.2) is 30.6 Å². The van der Waals surface area contributed by atoms with Crippen molar-refractivity contribution in [1.29, 1.82) is 0 Å². The Hall–Kier alpha value is -3.07. The molecule has 3 N–H and O–H groups in total. The van der Waals surface area contributed by atoms with Crippen LogP contribution < -0.4 is 10.6 Å². The second-order valence-corrected chi connectivity index (χ2v) is 5.66. The Morgan fingerprint density at radius 3 is 2.46 bits per heavy atom. The number of nitrogens with one attached hydrogen (secondary N) is 2. The normalized spacial score (nSPS) is 11.5. The maximum atomic E-state index is 13.1. The third-order valence-electron chi connectivity index (χ3n) is 3.29. The van der Waals surface area contributed by atoms with Gasteiger partial charge in [-0.15, -0.1) is 0 Å². The third-order valence-corrected chi connectivity index (χ3v) is 3.58. The zero-order valence-electron chi connectivity index (χ0n) is 13.5. The smallest absolute Gasteiger partial charge is 0.325 e. The van der Waals surface area contributed by atoms with Crippen molar-refractivity contribution in [1.82, 2.24) is 20.6 Å². The number of carboxylic acids is 1. The van der Waals surface area contributed by atoms with Gasteiger partial charge in [-0.05, 0) is 24.6 Å². The Bertz CT molecular complexity index is 862. The average Bonchev–Trinajstić information content (AvgIpc) is 2.62. The van der Waals surface area contributed by atoms with Gasteiger partial charge in [0.2, 0.25) is 0 Å². The van der Waals surface area contributed by atoms with Crippen LogP contribution in [-0.4, -0.2) is 38.9 Å². The topological polar surface area (TPSA) is 121 Å². The van der Waals surface area contributed by atoms with Crippen molar-refractivity contribution in [2.24, 2.45) is 0 Å². The van der Waals surface area contributed by atoms with Crippen molar-refractivity contribution < 1.29 is 23.9 Å². The number of carboxylic acid groups (broad SMARTS) is 1. The van der Waals surface area contributed by atoms with Gasteiger partial charge in [-0.25, -0.2) is 14.4 Å². The number of carbonyl (C=O) groups is 3. The number of carbonyl (C=O) groups excluding carboxylic acids is 2. The number of amides is 2. The van der Waals surface area contributed by atoms with Gasteiger partial charge in [-0.2, -0.15) is 0 Å². The lowest BCUT2D eigenvalue weighted by Gasteiger charge is -2.09. The summed E-state index contributed by atoms with van der Waals surface area (Å²) in [5.74, 6) is -3.11. The zero-order valence-corrected chi connectivity index (χ0v) is 14.2. The first-order chi connectivity index (χ1) is 12.3. The molecule has 0 spiro atoms. The summed E-state index contributed by atoms with van der Waals surface area (Å²) < 4.78 is 13.1. The van der Waals surface area contributed by atoms with E-state index in [2.05, 4.69) is 20.6 Å². The first-order valence-electron chi connectivity index (χ1n) is 7.35. The molecule has 2 aromatic rings. The molecule has 1 aromatic heterocycles. The van der Waals surface area contributed by atoms with Crippen molar-refractivity contribution in [2.45, 2.75) is 19.5 Å². The molecule has 0 aliphatic heterocycles. The highest BCUT2D eigenvalue weighted by molar-refractivity contribution is 6.30. The molecule has 136 valence electrons. The monoisotopic (exact) mass is 380 g/mol.